The molecule has 0 saturated carbocycles. The minimum atomic E-state index is -0.188. The zero-order chi connectivity index (χ0) is 10.5. The predicted molar refractivity (Wildman–Crippen MR) is 56.0 cm³/mol. The first-order chi connectivity index (χ1) is 7.42. The lowest BCUT2D eigenvalue weighted by atomic mass is 10.2. The van der Waals surface area contributed by atoms with Gasteiger partial charge in [-0.05, 0) is 13.0 Å². The highest BCUT2D eigenvalue weighted by Gasteiger charge is 2.21. The Hall–Kier alpha value is -1.38. The molecule has 5 heteroatoms. The molecule has 1 fully saturated rings. The van der Waals surface area contributed by atoms with Crippen LogP contribution in [0.2, 0.25) is 0 Å². The summed E-state index contributed by atoms with van der Waals surface area (Å²) in [5.41, 5.74) is 0.888. The largest absolute Gasteiger partial charge is 0.346 e. The first-order valence-electron chi connectivity index (χ1n) is 5.24. The molecule has 1 saturated heterocycles. The average molecular weight is 205 g/mol. The number of nitrogens with zero attached hydrogens (tertiary/aromatic N) is 3. The molecule has 1 aromatic heterocycles. The molecule has 1 unspecified atom stereocenters. The molecule has 15 heavy (non-hydrogen) atoms. The molecule has 0 radical (unpaired) electrons. The van der Waals surface area contributed by atoms with Crippen LogP contribution in [0.15, 0.2) is 12.5 Å². The Kier molecular flexibility index (Phi) is 3.33. The molecule has 0 aliphatic carbocycles. The van der Waals surface area contributed by atoms with Gasteiger partial charge in [0.25, 0.3) is 0 Å². The van der Waals surface area contributed by atoms with Gasteiger partial charge in [-0.15, -0.1) is 0 Å². The van der Waals surface area contributed by atoms with E-state index < -0.39 is 0 Å². The molecule has 2 N–H and O–H groups in total. The summed E-state index contributed by atoms with van der Waals surface area (Å²) in [6.45, 7) is 3.87. The molecule has 0 spiro atoms. The topological polar surface area (TPSA) is 67.7 Å². The van der Waals surface area contributed by atoms with Crippen molar-refractivity contribution in [3.05, 3.63) is 18.2 Å². The van der Waals surface area contributed by atoms with Crippen molar-refractivity contribution in [2.45, 2.75) is 12.5 Å². The second-order valence-electron chi connectivity index (χ2n) is 3.68. The van der Waals surface area contributed by atoms with Gasteiger partial charge in [0, 0.05) is 19.6 Å². The molecule has 2 rings (SSSR count). The SMILES string of the molecule is N#CC(c1cnc[nH]1)N1CCCNCC1. The summed E-state index contributed by atoms with van der Waals surface area (Å²) < 4.78 is 0. The van der Waals surface area contributed by atoms with Gasteiger partial charge in [-0.3, -0.25) is 4.90 Å². The molecular weight excluding hydrogens is 190 g/mol. The molecular formula is C10H15N5. The van der Waals surface area contributed by atoms with Gasteiger partial charge in [-0.25, -0.2) is 4.98 Å². The fourth-order valence-electron chi connectivity index (χ4n) is 1.89. The summed E-state index contributed by atoms with van der Waals surface area (Å²) >= 11 is 0. The Morgan fingerprint density at radius 2 is 2.40 bits per heavy atom. The van der Waals surface area contributed by atoms with Gasteiger partial charge in [-0.2, -0.15) is 5.26 Å². The average Bonchev–Trinajstić information content (AvgIpc) is 2.63. The van der Waals surface area contributed by atoms with E-state index in [0.717, 1.165) is 38.3 Å². The Bertz CT molecular complexity index is 318. The van der Waals surface area contributed by atoms with Crippen molar-refractivity contribution in [1.82, 2.24) is 20.2 Å². The van der Waals surface area contributed by atoms with Crippen LogP contribution in [0.1, 0.15) is 18.2 Å². The Labute approximate surface area is 89.1 Å². The van der Waals surface area contributed by atoms with Gasteiger partial charge in [0.1, 0.15) is 6.04 Å². The highest BCUT2D eigenvalue weighted by Crippen LogP contribution is 2.17. The maximum absolute atomic E-state index is 9.18. The zero-order valence-corrected chi connectivity index (χ0v) is 8.61. The lowest BCUT2D eigenvalue weighted by molar-refractivity contribution is 0.249. The highest BCUT2D eigenvalue weighted by molar-refractivity contribution is 5.12. The number of hydrogen-bond acceptors (Lipinski definition) is 4. The molecule has 1 aromatic rings. The van der Waals surface area contributed by atoms with E-state index in [1.54, 1.807) is 12.5 Å². The van der Waals surface area contributed by atoms with E-state index in [0.29, 0.717) is 0 Å². The number of H-pyrrole nitrogens is 1. The lowest BCUT2D eigenvalue weighted by Gasteiger charge is -2.23. The molecule has 1 aliphatic heterocycles. The number of imidazole rings is 1. The molecule has 0 bridgehead atoms. The Balaban J connectivity index is 2.09. The number of aromatic amines is 1. The fraction of sp³-hybridized carbons (Fsp3) is 0.600. The van der Waals surface area contributed by atoms with E-state index in [9.17, 15) is 5.26 Å². The first-order valence-corrected chi connectivity index (χ1v) is 5.24. The van der Waals surface area contributed by atoms with Crippen LogP contribution in [-0.2, 0) is 0 Å². The quantitative estimate of drug-likeness (QED) is 0.727. The van der Waals surface area contributed by atoms with E-state index in [-0.39, 0.29) is 6.04 Å². The van der Waals surface area contributed by atoms with Crippen LogP contribution in [-0.4, -0.2) is 41.0 Å². The van der Waals surface area contributed by atoms with Crippen LogP contribution < -0.4 is 5.32 Å². The summed E-state index contributed by atoms with van der Waals surface area (Å²) in [7, 11) is 0. The summed E-state index contributed by atoms with van der Waals surface area (Å²) in [6, 6.07) is 2.14. The molecule has 5 nitrogen and oxygen atoms in total. The van der Waals surface area contributed by atoms with Gasteiger partial charge < -0.3 is 10.3 Å². The van der Waals surface area contributed by atoms with Crippen LogP contribution in [0.5, 0.6) is 0 Å². The van der Waals surface area contributed by atoms with Gasteiger partial charge in [-0.1, -0.05) is 0 Å². The van der Waals surface area contributed by atoms with Crippen LogP contribution >= 0.6 is 0 Å². The number of nitrogens with one attached hydrogen (secondary N) is 2. The molecule has 1 aliphatic rings. The number of nitriles is 1. The molecule has 80 valence electrons. The summed E-state index contributed by atoms with van der Waals surface area (Å²) in [5, 5.41) is 12.5. The van der Waals surface area contributed by atoms with Gasteiger partial charge >= 0.3 is 0 Å². The third-order valence-corrected chi connectivity index (χ3v) is 2.68. The number of rotatable bonds is 2. The van der Waals surface area contributed by atoms with Crippen LogP contribution in [0.4, 0.5) is 0 Å². The second-order valence-corrected chi connectivity index (χ2v) is 3.68. The molecule has 0 amide bonds. The molecule has 0 aromatic carbocycles. The first kappa shape index (κ1) is 10.1. The predicted octanol–water partition coefficient (Wildman–Crippen LogP) is 0.270. The monoisotopic (exact) mass is 205 g/mol. The van der Waals surface area contributed by atoms with E-state index >= 15 is 0 Å². The second kappa shape index (κ2) is 4.91. The van der Waals surface area contributed by atoms with E-state index in [2.05, 4.69) is 26.3 Å². The van der Waals surface area contributed by atoms with Crippen molar-refractivity contribution < 1.29 is 0 Å². The van der Waals surface area contributed by atoms with Crippen molar-refractivity contribution >= 4 is 0 Å². The van der Waals surface area contributed by atoms with Gasteiger partial charge in [0.05, 0.1) is 24.3 Å². The lowest BCUT2D eigenvalue weighted by Crippen LogP contribution is -2.31. The van der Waals surface area contributed by atoms with Gasteiger partial charge in [0.2, 0.25) is 0 Å². The highest BCUT2D eigenvalue weighted by atomic mass is 15.2. The summed E-state index contributed by atoms with van der Waals surface area (Å²) in [4.78, 5) is 9.16. The molecule has 2 heterocycles. The van der Waals surface area contributed by atoms with Crippen LogP contribution in [0, 0.1) is 11.3 Å². The van der Waals surface area contributed by atoms with Crippen molar-refractivity contribution in [2.24, 2.45) is 0 Å². The summed E-state index contributed by atoms with van der Waals surface area (Å²) in [6.07, 6.45) is 4.44. The maximum Gasteiger partial charge on any atom is 0.140 e. The maximum atomic E-state index is 9.18. The third kappa shape index (κ3) is 2.35. The van der Waals surface area contributed by atoms with Crippen molar-refractivity contribution in [1.29, 1.82) is 5.26 Å². The summed E-state index contributed by atoms with van der Waals surface area (Å²) in [5.74, 6) is 0. The van der Waals surface area contributed by atoms with Crippen molar-refractivity contribution in [3.63, 3.8) is 0 Å². The Morgan fingerprint density at radius 3 is 3.13 bits per heavy atom. The molecule has 1 atom stereocenters. The van der Waals surface area contributed by atoms with E-state index in [1.807, 2.05) is 0 Å². The van der Waals surface area contributed by atoms with Crippen molar-refractivity contribution in [2.75, 3.05) is 26.2 Å². The minimum absolute atomic E-state index is 0.188. The smallest absolute Gasteiger partial charge is 0.140 e. The van der Waals surface area contributed by atoms with E-state index in [4.69, 9.17) is 0 Å². The number of hydrogen-bond donors (Lipinski definition) is 2. The standard InChI is InChI=1S/C10H15N5/c11-6-10(9-7-13-8-14-9)15-4-1-2-12-3-5-15/h7-8,10,12H,1-5H2,(H,13,14). The van der Waals surface area contributed by atoms with E-state index in [1.165, 1.54) is 0 Å². The fourth-order valence-corrected chi connectivity index (χ4v) is 1.89. The van der Waals surface area contributed by atoms with Crippen molar-refractivity contribution in [3.8, 4) is 6.07 Å². The van der Waals surface area contributed by atoms with Crippen LogP contribution in [0.3, 0.4) is 0 Å². The Morgan fingerprint density at radius 1 is 1.47 bits per heavy atom. The minimum Gasteiger partial charge on any atom is -0.346 e. The van der Waals surface area contributed by atoms with Gasteiger partial charge in [0.15, 0.2) is 0 Å². The zero-order valence-electron chi connectivity index (χ0n) is 8.61. The van der Waals surface area contributed by atoms with Crippen LogP contribution in [0.25, 0.3) is 0 Å². The number of aromatic nitrogens is 2. The third-order valence-electron chi connectivity index (χ3n) is 2.68. The normalized spacial score (nSPS) is 20.5.